The second-order valence-corrected chi connectivity index (χ2v) is 4.77. The lowest BCUT2D eigenvalue weighted by Gasteiger charge is -2.26. The fourth-order valence-corrected chi connectivity index (χ4v) is 2.58. The monoisotopic (exact) mass is 211 g/mol. The minimum Gasteiger partial charge on any atom is -0.381 e. The molecule has 0 unspecified atom stereocenters. The number of rotatable bonds is 3. The van der Waals surface area contributed by atoms with Gasteiger partial charge in [-0.3, -0.25) is 0 Å². The van der Waals surface area contributed by atoms with Crippen LogP contribution in [0.5, 0.6) is 0 Å². The fraction of sp³-hybridized carbons (Fsp3) is 0.636. The quantitative estimate of drug-likeness (QED) is 0.829. The summed E-state index contributed by atoms with van der Waals surface area (Å²) in [5.74, 6) is 0. The SMILES string of the molecule is C[C@@H](NC1CCOCC1)c1cccs1. The number of nitrogens with one attached hydrogen (secondary N) is 1. The van der Waals surface area contributed by atoms with Gasteiger partial charge in [0.05, 0.1) is 0 Å². The maximum absolute atomic E-state index is 5.33. The molecule has 1 aromatic heterocycles. The minimum atomic E-state index is 0.484. The van der Waals surface area contributed by atoms with Gasteiger partial charge >= 0.3 is 0 Å². The average Bonchev–Trinajstić information content (AvgIpc) is 2.72. The van der Waals surface area contributed by atoms with E-state index in [1.54, 1.807) is 0 Å². The summed E-state index contributed by atoms with van der Waals surface area (Å²) in [7, 11) is 0. The molecule has 78 valence electrons. The van der Waals surface area contributed by atoms with Crippen LogP contribution in [0.3, 0.4) is 0 Å². The Morgan fingerprint density at radius 3 is 2.93 bits per heavy atom. The molecule has 1 aliphatic heterocycles. The molecule has 0 spiro atoms. The number of hydrogen-bond donors (Lipinski definition) is 1. The molecule has 2 nitrogen and oxygen atoms in total. The first-order chi connectivity index (χ1) is 6.86. The largest absolute Gasteiger partial charge is 0.381 e. The lowest BCUT2D eigenvalue weighted by molar-refractivity contribution is 0.0755. The van der Waals surface area contributed by atoms with E-state index in [-0.39, 0.29) is 0 Å². The first-order valence-electron chi connectivity index (χ1n) is 5.23. The van der Waals surface area contributed by atoms with Crippen molar-refractivity contribution in [1.82, 2.24) is 5.32 Å². The van der Waals surface area contributed by atoms with E-state index in [4.69, 9.17) is 4.74 Å². The molecule has 1 saturated heterocycles. The molecular weight excluding hydrogens is 194 g/mol. The molecule has 2 heterocycles. The van der Waals surface area contributed by atoms with E-state index in [0.29, 0.717) is 12.1 Å². The van der Waals surface area contributed by atoms with Crippen LogP contribution in [-0.2, 0) is 4.74 Å². The van der Waals surface area contributed by atoms with Gasteiger partial charge in [0.25, 0.3) is 0 Å². The predicted molar refractivity (Wildman–Crippen MR) is 59.7 cm³/mol. The highest BCUT2D eigenvalue weighted by Crippen LogP contribution is 2.20. The van der Waals surface area contributed by atoms with E-state index in [0.717, 1.165) is 26.1 Å². The van der Waals surface area contributed by atoms with Crippen molar-refractivity contribution >= 4 is 11.3 Å². The van der Waals surface area contributed by atoms with E-state index < -0.39 is 0 Å². The van der Waals surface area contributed by atoms with Gasteiger partial charge in [-0.15, -0.1) is 11.3 Å². The Labute approximate surface area is 89.3 Å². The number of hydrogen-bond acceptors (Lipinski definition) is 3. The molecule has 0 bridgehead atoms. The van der Waals surface area contributed by atoms with Crippen LogP contribution in [0.25, 0.3) is 0 Å². The second-order valence-electron chi connectivity index (χ2n) is 3.79. The molecule has 0 amide bonds. The standard InChI is InChI=1S/C11H17NOS/c1-9(11-3-2-8-14-11)12-10-4-6-13-7-5-10/h2-3,8-10,12H,4-7H2,1H3/t9-/m1/s1. The van der Waals surface area contributed by atoms with Gasteiger partial charge in [0.15, 0.2) is 0 Å². The minimum absolute atomic E-state index is 0.484. The summed E-state index contributed by atoms with van der Waals surface area (Å²) in [6, 6.07) is 5.43. The molecule has 0 aliphatic carbocycles. The van der Waals surface area contributed by atoms with E-state index >= 15 is 0 Å². The van der Waals surface area contributed by atoms with Crippen molar-refractivity contribution in [3.05, 3.63) is 22.4 Å². The van der Waals surface area contributed by atoms with Crippen LogP contribution in [0.2, 0.25) is 0 Å². The molecule has 0 radical (unpaired) electrons. The highest BCUT2D eigenvalue weighted by molar-refractivity contribution is 7.10. The highest BCUT2D eigenvalue weighted by atomic mass is 32.1. The van der Waals surface area contributed by atoms with Crippen LogP contribution in [0.1, 0.15) is 30.7 Å². The maximum Gasteiger partial charge on any atom is 0.0480 e. The van der Waals surface area contributed by atoms with E-state index in [2.05, 4.69) is 29.8 Å². The summed E-state index contributed by atoms with van der Waals surface area (Å²) in [6.45, 7) is 4.06. The first-order valence-corrected chi connectivity index (χ1v) is 6.11. The van der Waals surface area contributed by atoms with Gasteiger partial charge in [0, 0.05) is 30.2 Å². The van der Waals surface area contributed by atoms with Crippen LogP contribution in [-0.4, -0.2) is 19.3 Å². The molecule has 1 atom stereocenters. The van der Waals surface area contributed by atoms with Gasteiger partial charge < -0.3 is 10.1 Å². The van der Waals surface area contributed by atoms with Gasteiger partial charge in [0.1, 0.15) is 0 Å². The van der Waals surface area contributed by atoms with Crippen molar-refractivity contribution in [2.45, 2.75) is 31.8 Å². The lowest BCUT2D eigenvalue weighted by Crippen LogP contribution is -2.36. The summed E-state index contributed by atoms with van der Waals surface area (Å²) in [5, 5.41) is 5.79. The first kappa shape index (κ1) is 10.1. The fourth-order valence-electron chi connectivity index (χ4n) is 1.84. The molecule has 3 heteroatoms. The van der Waals surface area contributed by atoms with Crippen molar-refractivity contribution in [1.29, 1.82) is 0 Å². The third-order valence-corrected chi connectivity index (χ3v) is 3.73. The lowest BCUT2D eigenvalue weighted by atomic mass is 10.1. The van der Waals surface area contributed by atoms with E-state index in [1.165, 1.54) is 4.88 Å². The Bertz CT molecular complexity index is 254. The molecule has 0 aromatic carbocycles. The summed E-state index contributed by atoms with van der Waals surface area (Å²) in [4.78, 5) is 1.43. The zero-order valence-corrected chi connectivity index (χ0v) is 9.35. The molecule has 1 fully saturated rings. The van der Waals surface area contributed by atoms with Crippen molar-refractivity contribution in [3.63, 3.8) is 0 Å². The molecule has 1 N–H and O–H groups in total. The zero-order chi connectivity index (χ0) is 9.80. The predicted octanol–water partition coefficient (Wildman–Crippen LogP) is 2.58. The van der Waals surface area contributed by atoms with Crippen LogP contribution in [0, 0.1) is 0 Å². The van der Waals surface area contributed by atoms with Crippen LogP contribution in [0.15, 0.2) is 17.5 Å². The maximum atomic E-state index is 5.33. The summed E-state index contributed by atoms with van der Waals surface area (Å²) >= 11 is 1.83. The average molecular weight is 211 g/mol. The van der Waals surface area contributed by atoms with Crippen molar-refractivity contribution in [2.24, 2.45) is 0 Å². The zero-order valence-electron chi connectivity index (χ0n) is 8.53. The molecule has 2 rings (SSSR count). The summed E-state index contributed by atoms with van der Waals surface area (Å²) < 4.78 is 5.33. The smallest absolute Gasteiger partial charge is 0.0480 e. The van der Waals surface area contributed by atoms with Crippen molar-refractivity contribution in [3.8, 4) is 0 Å². The molecule has 1 aromatic rings. The van der Waals surface area contributed by atoms with Crippen LogP contribution < -0.4 is 5.32 Å². The van der Waals surface area contributed by atoms with E-state index in [9.17, 15) is 0 Å². The van der Waals surface area contributed by atoms with Crippen LogP contribution >= 0.6 is 11.3 Å². The highest BCUT2D eigenvalue weighted by Gasteiger charge is 2.16. The third-order valence-electron chi connectivity index (χ3n) is 2.68. The Balaban J connectivity index is 1.84. The molecular formula is C11H17NOS. The number of thiophene rings is 1. The second kappa shape index (κ2) is 4.91. The van der Waals surface area contributed by atoms with Gasteiger partial charge in [0.2, 0.25) is 0 Å². The third kappa shape index (κ3) is 2.56. The molecule has 1 aliphatic rings. The summed E-state index contributed by atoms with van der Waals surface area (Å²) in [6.07, 6.45) is 2.30. The van der Waals surface area contributed by atoms with Crippen molar-refractivity contribution < 1.29 is 4.74 Å². The Morgan fingerprint density at radius 2 is 2.29 bits per heavy atom. The van der Waals surface area contributed by atoms with Gasteiger partial charge in [-0.1, -0.05) is 6.07 Å². The Hall–Kier alpha value is -0.380. The van der Waals surface area contributed by atoms with E-state index in [1.807, 2.05) is 11.3 Å². The number of ether oxygens (including phenoxy) is 1. The van der Waals surface area contributed by atoms with Gasteiger partial charge in [-0.25, -0.2) is 0 Å². The Kier molecular flexibility index (Phi) is 3.56. The van der Waals surface area contributed by atoms with Gasteiger partial charge in [-0.05, 0) is 31.2 Å². The molecule has 14 heavy (non-hydrogen) atoms. The normalized spacial score (nSPS) is 20.9. The molecule has 0 saturated carbocycles. The topological polar surface area (TPSA) is 21.3 Å². The van der Waals surface area contributed by atoms with Crippen LogP contribution in [0.4, 0.5) is 0 Å². The van der Waals surface area contributed by atoms with Gasteiger partial charge in [-0.2, -0.15) is 0 Å². The Morgan fingerprint density at radius 1 is 1.50 bits per heavy atom. The van der Waals surface area contributed by atoms with Crippen molar-refractivity contribution in [2.75, 3.05) is 13.2 Å². The summed E-state index contributed by atoms with van der Waals surface area (Å²) in [5.41, 5.74) is 0.